The Morgan fingerprint density at radius 1 is 1.00 bits per heavy atom. The summed E-state index contributed by atoms with van der Waals surface area (Å²) in [7, 11) is 0. The summed E-state index contributed by atoms with van der Waals surface area (Å²) in [4.78, 5) is 0. The molecule has 0 fully saturated rings. The van der Waals surface area contributed by atoms with Crippen molar-refractivity contribution in [3.63, 3.8) is 0 Å². The Labute approximate surface area is 130 Å². The second kappa shape index (κ2) is 5.39. The Balaban J connectivity index is 2.16. The molecular formula is C15H9Cl2FN2O. The first kappa shape index (κ1) is 13.9. The summed E-state index contributed by atoms with van der Waals surface area (Å²) in [5, 5.41) is 4.40. The Bertz CT molecular complexity index is 800. The molecule has 1 aromatic heterocycles. The molecular weight excluding hydrogens is 314 g/mol. The van der Waals surface area contributed by atoms with Crippen molar-refractivity contribution in [1.82, 2.24) is 5.16 Å². The van der Waals surface area contributed by atoms with E-state index in [1.807, 2.05) is 0 Å². The highest BCUT2D eigenvalue weighted by atomic mass is 35.5. The fourth-order valence-corrected chi connectivity index (χ4v) is 2.28. The highest BCUT2D eigenvalue weighted by Crippen LogP contribution is 2.37. The summed E-state index contributed by atoms with van der Waals surface area (Å²) in [6.45, 7) is 0. The molecule has 21 heavy (non-hydrogen) atoms. The van der Waals surface area contributed by atoms with Gasteiger partial charge in [0.15, 0.2) is 11.6 Å². The van der Waals surface area contributed by atoms with E-state index in [1.165, 1.54) is 12.1 Å². The van der Waals surface area contributed by atoms with Crippen molar-refractivity contribution in [2.24, 2.45) is 0 Å². The van der Waals surface area contributed by atoms with Crippen LogP contribution >= 0.6 is 23.2 Å². The van der Waals surface area contributed by atoms with Crippen LogP contribution in [0.25, 0.3) is 22.5 Å². The second-order valence-electron chi connectivity index (χ2n) is 4.41. The van der Waals surface area contributed by atoms with Crippen molar-refractivity contribution < 1.29 is 8.91 Å². The maximum atomic E-state index is 13.6. The molecule has 3 aromatic rings. The van der Waals surface area contributed by atoms with Gasteiger partial charge in [-0.1, -0.05) is 40.5 Å². The van der Waals surface area contributed by atoms with E-state index in [0.717, 1.165) is 5.56 Å². The maximum Gasteiger partial charge on any atom is 0.177 e. The molecule has 0 atom stereocenters. The van der Waals surface area contributed by atoms with Gasteiger partial charge in [0.05, 0.1) is 10.6 Å². The molecule has 0 aliphatic carbocycles. The second-order valence-corrected chi connectivity index (χ2v) is 5.25. The van der Waals surface area contributed by atoms with Gasteiger partial charge in [0.25, 0.3) is 0 Å². The third-order valence-electron chi connectivity index (χ3n) is 3.03. The van der Waals surface area contributed by atoms with E-state index >= 15 is 0 Å². The normalized spacial score (nSPS) is 10.8. The minimum atomic E-state index is -0.536. The number of hydrogen-bond donors (Lipinski definition) is 1. The first-order chi connectivity index (χ1) is 10.1. The fraction of sp³-hybridized carbons (Fsp3) is 0. The Morgan fingerprint density at radius 2 is 1.67 bits per heavy atom. The molecule has 0 aliphatic heterocycles. The van der Waals surface area contributed by atoms with E-state index in [1.54, 1.807) is 30.3 Å². The van der Waals surface area contributed by atoms with Gasteiger partial charge in [0.1, 0.15) is 5.82 Å². The largest absolute Gasteiger partial charge is 0.380 e. The van der Waals surface area contributed by atoms with Crippen LogP contribution in [0.3, 0.4) is 0 Å². The molecule has 0 unspecified atom stereocenters. The minimum absolute atomic E-state index is 0.0410. The molecule has 0 amide bonds. The van der Waals surface area contributed by atoms with Gasteiger partial charge in [-0.25, -0.2) is 4.39 Å². The zero-order valence-electron chi connectivity index (χ0n) is 10.6. The molecule has 0 bridgehead atoms. The van der Waals surface area contributed by atoms with Crippen LogP contribution in [0.15, 0.2) is 47.0 Å². The molecule has 0 saturated heterocycles. The number of nitrogens with zero attached hydrogens (tertiary/aromatic N) is 1. The first-order valence-electron chi connectivity index (χ1n) is 6.03. The van der Waals surface area contributed by atoms with Gasteiger partial charge in [-0.15, -0.1) is 0 Å². The van der Waals surface area contributed by atoms with Gasteiger partial charge in [0.2, 0.25) is 0 Å². The van der Waals surface area contributed by atoms with Gasteiger partial charge >= 0.3 is 0 Å². The Kier molecular flexibility index (Phi) is 3.57. The number of nitrogen functional groups attached to an aromatic ring is 1. The third kappa shape index (κ3) is 2.60. The van der Waals surface area contributed by atoms with Crippen molar-refractivity contribution in [1.29, 1.82) is 0 Å². The predicted octanol–water partition coefficient (Wildman–Crippen LogP) is 5.04. The molecule has 0 saturated carbocycles. The lowest BCUT2D eigenvalue weighted by molar-refractivity contribution is 0.436. The minimum Gasteiger partial charge on any atom is -0.380 e. The quantitative estimate of drug-likeness (QED) is 0.719. The van der Waals surface area contributed by atoms with Gasteiger partial charge in [-0.2, -0.15) is 0 Å². The molecule has 0 aliphatic rings. The number of benzene rings is 2. The standard InChI is InChI=1S/C15H9Cl2FN2O/c16-10-4-1-8(2-5-10)13-14(21-20-15(13)19)9-3-6-11(17)12(18)7-9/h1-7H,(H2,19,20). The van der Waals surface area contributed by atoms with E-state index < -0.39 is 5.82 Å². The monoisotopic (exact) mass is 322 g/mol. The van der Waals surface area contributed by atoms with Gasteiger partial charge in [-0.3, -0.25) is 0 Å². The van der Waals surface area contributed by atoms with Crippen LogP contribution in [0, 0.1) is 5.82 Å². The summed E-state index contributed by atoms with van der Waals surface area (Å²) in [6.07, 6.45) is 0. The van der Waals surface area contributed by atoms with Crippen LogP contribution in [0.2, 0.25) is 10.0 Å². The van der Waals surface area contributed by atoms with Crippen molar-refractivity contribution in [3.05, 3.63) is 58.3 Å². The van der Waals surface area contributed by atoms with Crippen LogP contribution in [0.4, 0.5) is 10.2 Å². The Hall–Kier alpha value is -2.04. The smallest absolute Gasteiger partial charge is 0.177 e. The average molecular weight is 323 g/mol. The molecule has 0 radical (unpaired) electrons. The molecule has 3 nitrogen and oxygen atoms in total. The number of anilines is 1. The lowest BCUT2D eigenvalue weighted by atomic mass is 10.0. The molecule has 6 heteroatoms. The first-order valence-corrected chi connectivity index (χ1v) is 6.78. The lowest BCUT2D eigenvalue weighted by Crippen LogP contribution is -1.89. The van der Waals surface area contributed by atoms with Crippen molar-refractivity contribution in [2.45, 2.75) is 0 Å². The summed E-state index contributed by atoms with van der Waals surface area (Å²) < 4.78 is 18.9. The molecule has 106 valence electrons. The van der Waals surface area contributed by atoms with Gasteiger partial charge in [-0.05, 0) is 35.9 Å². The SMILES string of the molecule is Nc1noc(-c2ccc(Cl)c(F)c2)c1-c1ccc(Cl)cc1. The van der Waals surface area contributed by atoms with Crippen molar-refractivity contribution in [3.8, 4) is 22.5 Å². The van der Waals surface area contributed by atoms with Crippen LogP contribution in [-0.4, -0.2) is 5.16 Å². The van der Waals surface area contributed by atoms with E-state index in [2.05, 4.69) is 5.16 Å². The number of hydrogen-bond acceptors (Lipinski definition) is 3. The topological polar surface area (TPSA) is 52.0 Å². The molecule has 2 aromatic carbocycles. The average Bonchev–Trinajstić information content (AvgIpc) is 2.85. The summed E-state index contributed by atoms with van der Waals surface area (Å²) in [5.74, 6) is 0.0688. The predicted molar refractivity (Wildman–Crippen MR) is 81.8 cm³/mol. The Morgan fingerprint density at radius 3 is 2.33 bits per heavy atom. The van der Waals surface area contributed by atoms with E-state index in [9.17, 15) is 4.39 Å². The van der Waals surface area contributed by atoms with E-state index in [0.29, 0.717) is 21.9 Å². The van der Waals surface area contributed by atoms with Crippen molar-refractivity contribution >= 4 is 29.0 Å². The van der Waals surface area contributed by atoms with Crippen LogP contribution in [0.5, 0.6) is 0 Å². The lowest BCUT2D eigenvalue weighted by Gasteiger charge is -2.04. The summed E-state index contributed by atoms with van der Waals surface area (Å²) >= 11 is 11.6. The zero-order chi connectivity index (χ0) is 15.0. The number of halogens is 3. The maximum absolute atomic E-state index is 13.6. The third-order valence-corrected chi connectivity index (χ3v) is 3.59. The number of rotatable bonds is 2. The summed E-state index contributed by atoms with van der Waals surface area (Å²) in [6, 6.07) is 11.4. The molecule has 2 N–H and O–H groups in total. The van der Waals surface area contributed by atoms with E-state index in [-0.39, 0.29) is 10.8 Å². The van der Waals surface area contributed by atoms with Crippen LogP contribution < -0.4 is 5.73 Å². The number of aromatic nitrogens is 1. The highest BCUT2D eigenvalue weighted by Gasteiger charge is 2.18. The van der Waals surface area contributed by atoms with Gasteiger partial charge < -0.3 is 10.3 Å². The highest BCUT2D eigenvalue weighted by molar-refractivity contribution is 6.31. The van der Waals surface area contributed by atoms with E-state index in [4.69, 9.17) is 33.5 Å². The molecule has 0 spiro atoms. The molecule has 1 heterocycles. The zero-order valence-corrected chi connectivity index (χ0v) is 12.1. The molecule has 3 rings (SSSR count). The number of nitrogens with two attached hydrogens (primary N) is 1. The van der Waals surface area contributed by atoms with Crippen LogP contribution in [-0.2, 0) is 0 Å². The van der Waals surface area contributed by atoms with Crippen molar-refractivity contribution in [2.75, 3.05) is 5.73 Å². The summed E-state index contributed by atoms with van der Waals surface area (Å²) in [5.41, 5.74) is 7.74. The fourth-order valence-electron chi connectivity index (χ4n) is 2.03. The van der Waals surface area contributed by atoms with Crippen LogP contribution in [0.1, 0.15) is 0 Å². The van der Waals surface area contributed by atoms with Gasteiger partial charge in [0, 0.05) is 10.6 Å².